The second-order valence-corrected chi connectivity index (χ2v) is 3.99. The van der Waals surface area contributed by atoms with Crippen LogP contribution in [0.15, 0.2) is 18.2 Å². The van der Waals surface area contributed by atoms with Gasteiger partial charge < -0.3 is 10.6 Å². The lowest BCUT2D eigenvalue weighted by atomic mass is 10.1. The molecule has 1 aromatic rings. The maximum atomic E-state index is 11.7. The van der Waals surface area contributed by atoms with E-state index in [0.29, 0.717) is 23.4 Å². The van der Waals surface area contributed by atoms with Crippen molar-refractivity contribution < 1.29 is 4.79 Å². The second kappa shape index (κ2) is 4.42. The first-order valence-electron chi connectivity index (χ1n) is 4.94. The van der Waals surface area contributed by atoms with Gasteiger partial charge in [0.15, 0.2) is 0 Å². The Kier molecular flexibility index (Phi) is 2.97. The smallest absolute Gasteiger partial charge is 0.255 e. The fourth-order valence-corrected chi connectivity index (χ4v) is 1.82. The lowest BCUT2D eigenvalue weighted by Crippen LogP contribution is -2.44. The van der Waals surface area contributed by atoms with Crippen molar-refractivity contribution in [3.05, 3.63) is 28.8 Å². The number of carbonyl (C=O) groups is 1. The summed E-state index contributed by atoms with van der Waals surface area (Å²) in [5.74, 6) is -0.154. The minimum absolute atomic E-state index is 0.154. The number of rotatable bonds is 2. The zero-order valence-electron chi connectivity index (χ0n) is 8.46. The highest BCUT2D eigenvalue weighted by Crippen LogP contribution is 2.24. The number of fused-ring (bicyclic) bond motifs is 1. The fraction of sp³-hybridized carbons (Fsp3) is 0.273. The summed E-state index contributed by atoms with van der Waals surface area (Å²) in [5.41, 5.74) is 1.30. The molecule has 0 fully saturated rings. The first-order valence-corrected chi connectivity index (χ1v) is 5.32. The van der Waals surface area contributed by atoms with E-state index in [9.17, 15) is 4.79 Å². The molecule has 0 aliphatic carbocycles. The molecule has 1 amide bonds. The number of halogens is 1. The molecule has 1 aliphatic heterocycles. The number of anilines is 1. The van der Waals surface area contributed by atoms with Gasteiger partial charge in [0.2, 0.25) is 0 Å². The van der Waals surface area contributed by atoms with Crippen molar-refractivity contribution in [1.29, 1.82) is 5.26 Å². The van der Waals surface area contributed by atoms with Crippen LogP contribution in [0.4, 0.5) is 5.69 Å². The summed E-state index contributed by atoms with van der Waals surface area (Å²) in [6.45, 7) is 0. The molecule has 1 aliphatic rings. The standard InChI is InChI=1S/C11H10ClN3O/c12-7-3-4-9-8(6-7)11(16)15-10(14-9)2-1-5-13/h3-4,6,10,14H,1-2H2,(H,15,16). The molecule has 0 spiro atoms. The van der Waals surface area contributed by atoms with E-state index in [4.69, 9.17) is 16.9 Å². The largest absolute Gasteiger partial charge is 0.365 e. The van der Waals surface area contributed by atoms with E-state index in [1.165, 1.54) is 0 Å². The molecule has 4 nitrogen and oxygen atoms in total. The number of nitrogens with one attached hydrogen (secondary N) is 2. The van der Waals surface area contributed by atoms with E-state index in [-0.39, 0.29) is 12.1 Å². The molecule has 2 N–H and O–H groups in total. The molecule has 0 aromatic heterocycles. The normalized spacial score (nSPS) is 18.0. The molecule has 1 heterocycles. The summed E-state index contributed by atoms with van der Waals surface area (Å²) >= 11 is 5.81. The molecule has 82 valence electrons. The predicted octanol–water partition coefficient (Wildman–Crippen LogP) is 2.13. The number of carbonyl (C=O) groups excluding carboxylic acids is 1. The first kappa shape index (κ1) is 10.8. The predicted molar refractivity (Wildman–Crippen MR) is 61.2 cm³/mol. The highest BCUT2D eigenvalue weighted by atomic mass is 35.5. The van der Waals surface area contributed by atoms with Crippen LogP contribution in [0.25, 0.3) is 0 Å². The topological polar surface area (TPSA) is 64.9 Å². The number of benzene rings is 1. The van der Waals surface area contributed by atoms with Crippen LogP contribution in [-0.2, 0) is 0 Å². The van der Waals surface area contributed by atoms with Crippen LogP contribution < -0.4 is 10.6 Å². The molecule has 5 heteroatoms. The van der Waals surface area contributed by atoms with Crippen molar-refractivity contribution in [2.75, 3.05) is 5.32 Å². The number of amides is 1. The molecular weight excluding hydrogens is 226 g/mol. The quantitative estimate of drug-likeness (QED) is 0.825. The second-order valence-electron chi connectivity index (χ2n) is 3.56. The third-order valence-electron chi connectivity index (χ3n) is 2.41. The lowest BCUT2D eigenvalue weighted by Gasteiger charge is -2.27. The van der Waals surface area contributed by atoms with E-state index in [2.05, 4.69) is 16.7 Å². The maximum absolute atomic E-state index is 11.7. The maximum Gasteiger partial charge on any atom is 0.255 e. The van der Waals surface area contributed by atoms with Gasteiger partial charge in [-0.05, 0) is 24.6 Å². The van der Waals surface area contributed by atoms with E-state index in [1.807, 2.05) is 0 Å². The molecule has 16 heavy (non-hydrogen) atoms. The van der Waals surface area contributed by atoms with Crippen molar-refractivity contribution in [1.82, 2.24) is 5.32 Å². The summed E-state index contributed by atoms with van der Waals surface area (Å²) < 4.78 is 0. The van der Waals surface area contributed by atoms with E-state index in [0.717, 1.165) is 5.69 Å². The van der Waals surface area contributed by atoms with Crippen LogP contribution in [0.3, 0.4) is 0 Å². The highest BCUT2D eigenvalue weighted by molar-refractivity contribution is 6.31. The van der Waals surface area contributed by atoms with Gasteiger partial charge in [0.05, 0.1) is 11.6 Å². The average Bonchev–Trinajstić information content (AvgIpc) is 2.27. The Morgan fingerprint density at radius 3 is 3.00 bits per heavy atom. The number of hydrogen-bond acceptors (Lipinski definition) is 3. The van der Waals surface area contributed by atoms with Crippen LogP contribution >= 0.6 is 11.6 Å². The third-order valence-corrected chi connectivity index (χ3v) is 2.64. The Bertz CT molecular complexity index is 467. The highest BCUT2D eigenvalue weighted by Gasteiger charge is 2.22. The molecule has 0 saturated carbocycles. The Balaban J connectivity index is 2.21. The van der Waals surface area contributed by atoms with Crippen LogP contribution in [0.5, 0.6) is 0 Å². The van der Waals surface area contributed by atoms with Crippen molar-refractivity contribution >= 4 is 23.2 Å². The van der Waals surface area contributed by atoms with Crippen LogP contribution in [0.2, 0.25) is 5.02 Å². The van der Waals surface area contributed by atoms with Gasteiger partial charge in [0, 0.05) is 17.1 Å². The molecule has 2 rings (SSSR count). The van der Waals surface area contributed by atoms with E-state index in [1.54, 1.807) is 18.2 Å². The van der Waals surface area contributed by atoms with Crippen LogP contribution in [0.1, 0.15) is 23.2 Å². The molecular formula is C11H10ClN3O. The third kappa shape index (κ3) is 2.10. The Labute approximate surface area is 98.2 Å². The van der Waals surface area contributed by atoms with Crippen molar-refractivity contribution in [2.45, 2.75) is 19.0 Å². The fourth-order valence-electron chi connectivity index (χ4n) is 1.64. The van der Waals surface area contributed by atoms with Crippen molar-refractivity contribution in [3.8, 4) is 6.07 Å². The molecule has 1 atom stereocenters. The summed E-state index contributed by atoms with van der Waals surface area (Å²) in [6, 6.07) is 7.18. The summed E-state index contributed by atoms with van der Waals surface area (Å²) in [6.07, 6.45) is 0.811. The minimum Gasteiger partial charge on any atom is -0.365 e. The van der Waals surface area contributed by atoms with Gasteiger partial charge in [-0.2, -0.15) is 5.26 Å². The van der Waals surface area contributed by atoms with Crippen LogP contribution in [-0.4, -0.2) is 12.1 Å². The molecule has 1 aromatic carbocycles. The first-order chi connectivity index (χ1) is 7.70. The Morgan fingerprint density at radius 2 is 2.25 bits per heavy atom. The summed E-state index contributed by atoms with van der Waals surface area (Å²) in [5, 5.41) is 14.9. The van der Waals surface area contributed by atoms with E-state index < -0.39 is 0 Å². The minimum atomic E-state index is -0.180. The van der Waals surface area contributed by atoms with Gasteiger partial charge in [0.25, 0.3) is 5.91 Å². The van der Waals surface area contributed by atoms with Crippen molar-refractivity contribution in [3.63, 3.8) is 0 Å². The van der Waals surface area contributed by atoms with Gasteiger partial charge in [-0.1, -0.05) is 11.6 Å². The SMILES string of the molecule is N#CCCC1NC(=O)c2cc(Cl)ccc2N1. The molecule has 0 bridgehead atoms. The van der Waals surface area contributed by atoms with Gasteiger partial charge in [-0.3, -0.25) is 4.79 Å². The van der Waals surface area contributed by atoms with Gasteiger partial charge >= 0.3 is 0 Å². The van der Waals surface area contributed by atoms with Crippen molar-refractivity contribution in [2.24, 2.45) is 0 Å². The van der Waals surface area contributed by atoms with Gasteiger partial charge in [-0.15, -0.1) is 0 Å². The zero-order valence-corrected chi connectivity index (χ0v) is 9.21. The average molecular weight is 236 g/mol. The number of nitriles is 1. The van der Waals surface area contributed by atoms with E-state index >= 15 is 0 Å². The number of hydrogen-bond donors (Lipinski definition) is 2. The van der Waals surface area contributed by atoms with Crippen LogP contribution in [0, 0.1) is 11.3 Å². The molecule has 0 radical (unpaired) electrons. The van der Waals surface area contributed by atoms with Gasteiger partial charge in [-0.25, -0.2) is 0 Å². The lowest BCUT2D eigenvalue weighted by molar-refractivity contribution is 0.0934. The molecule has 0 saturated heterocycles. The summed E-state index contributed by atoms with van der Waals surface area (Å²) in [4.78, 5) is 11.7. The zero-order chi connectivity index (χ0) is 11.5. The Morgan fingerprint density at radius 1 is 1.44 bits per heavy atom. The van der Waals surface area contributed by atoms with Gasteiger partial charge in [0.1, 0.15) is 6.17 Å². The Hall–Kier alpha value is -1.73. The number of nitrogens with zero attached hydrogens (tertiary/aromatic N) is 1. The molecule has 1 unspecified atom stereocenters. The summed E-state index contributed by atoms with van der Waals surface area (Å²) in [7, 11) is 0. The monoisotopic (exact) mass is 235 g/mol.